The normalized spacial score (nSPS) is 24.1. The molecule has 2 saturated carbocycles. The predicted octanol–water partition coefficient (Wildman–Crippen LogP) is 16.8. The Morgan fingerprint density at radius 1 is 0.481 bits per heavy atom. The van der Waals surface area contributed by atoms with E-state index in [2.05, 4.69) is 254 Å². The molecule has 77 heavy (non-hydrogen) atoms. The van der Waals surface area contributed by atoms with Gasteiger partial charge in [-0.25, -0.2) is 0 Å². The summed E-state index contributed by atoms with van der Waals surface area (Å²) in [5.74, 6) is 0. The van der Waals surface area contributed by atoms with Crippen molar-refractivity contribution in [2.75, 3.05) is 14.7 Å². The highest BCUT2D eigenvalue weighted by Crippen LogP contribution is 2.66. The van der Waals surface area contributed by atoms with E-state index in [0.29, 0.717) is 0 Å². The fraction of sp³-hybridized carbons (Fsp3) is 0.361. The van der Waals surface area contributed by atoms with E-state index in [9.17, 15) is 0 Å². The van der Waals surface area contributed by atoms with Crippen molar-refractivity contribution in [1.82, 2.24) is 0 Å². The molecular formula is C72H78BN3Si. The summed E-state index contributed by atoms with van der Waals surface area (Å²) in [5.41, 5.74) is 23.0. The highest BCUT2D eigenvalue weighted by atomic mass is 28.3. The Morgan fingerprint density at radius 3 is 1.86 bits per heavy atom. The van der Waals surface area contributed by atoms with Crippen molar-refractivity contribution in [3.63, 3.8) is 0 Å². The second kappa shape index (κ2) is 16.4. The van der Waals surface area contributed by atoms with E-state index in [4.69, 9.17) is 0 Å². The molecule has 0 N–H and O–H groups in total. The van der Waals surface area contributed by atoms with Gasteiger partial charge < -0.3 is 14.7 Å². The van der Waals surface area contributed by atoms with E-state index in [1.165, 1.54) is 132 Å². The van der Waals surface area contributed by atoms with Crippen molar-refractivity contribution < 1.29 is 0 Å². The molecule has 5 heteroatoms. The summed E-state index contributed by atoms with van der Waals surface area (Å²) in [6, 6.07) is 63.5. The fourth-order valence-electron chi connectivity index (χ4n) is 16.5. The number of para-hydroxylation sites is 1. The molecule has 3 nitrogen and oxygen atoms in total. The Balaban J connectivity index is 1.15. The molecule has 0 saturated heterocycles. The SMILES string of the molecule is CC(C)(C)c1ccc2c(c1)B1c3cc([Si](C)(C)C)cc4c3N(c3cc(N5c6ccccc6C6(C)CCCCC56C)cc(c31)N2c1ccc(C(C)(C)C)cc1-c1ccc2ccccc2c1)C1(C)CCCCC41c1ccccc1. The van der Waals surface area contributed by atoms with Gasteiger partial charge in [0.2, 0.25) is 0 Å². The highest BCUT2D eigenvalue weighted by Gasteiger charge is 2.65. The first kappa shape index (κ1) is 49.0. The maximum atomic E-state index is 3.00. The maximum absolute atomic E-state index is 3.00. The standard InChI is InChI=1S/C72H78BN3Si/c1-67(2,3)51-32-34-60(55(41-51)49-31-30-47-24-16-17-25-48(47)40-49)74-62-35-33-52(68(4,5)6)42-58(62)73-59-46-54(77(10,11)12)45-57-66(59)76(71(9)38-22-23-39-72(57,71)50-26-14-13-15-27-50)64-44-53(43-63(74)65(64)73)75-61-29-19-18-28-56(61)69(7)36-20-21-37-70(69,75)8/h13-19,24-35,40-46H,20-23,36-39H2,1-12H3. The van der Waals surface area contributed by atoms with Crippen LogP contribution in [0.3, 0.4) is 0 Å². The molecule has 4 heterocycles. The van der Waals surface area contributed by atoms with Crippen LogP contribution in [-0.2, 0) is 21.7 Å². The quantitative estimate of drug-likeness (QED) is 0.159. The molecule has 4 unspecified atom stereocenters. The molecule has 4 aliphatic heterocycles. The van der Waals surface area contributed by atoms with Crippen molar-refractivity contribution in [2.24, 2.45) is 0 Å². The van der Waals surface area contributed by atoms with Crippen LogP contribution in [-0.4, -0.2) is 25.9 Å². The predicted molar refractivity (Wildman–Crippen MR) is 335 cm³/mol. The van der Waals surface area contributed by atoms with Crippen LogP contribution >= 0.6 is 0 Å². The second-order valence-electron chi connectivity index (χ2n) is 28.2. The molecule has 2 aliphatic carbocycles. The third-order valence-corrected chi connectivity index (χ3v) is 22.9. The Bertz CT molecular complexity index is 3760. The highest BCUT2D eigenvalue weighted by molar-refractivity contribution is 7.01. The molecule has 0 amide bonds. The third kappa shape index (κ3) is 6.68. The van der Waals surface area contributed by atoms with Crippen LogP contribution < -0.4 is 36.3 Å². The molecule has 8 aromatic carbocycles. The third-order valence-electron chi connectivity index (χ3n) is 20.9. The minimum absolute atomic E-state index is 0.0116. The number of hydrogen-bond acceptors (Lipinski definition) is 3. The van der Waals surface area contributed by atoms with Gasteiger partial charge >= 0.3 is 0 Å². The lowest BCUT2D eigenvalue weighted by Gasteiger charge is -2.54. The van der Waals surface area contributed by atoms with Crippen molar-refractivity contribution >= 4 is 86.9 Å². The molecule has 14 rings (SSSR count). The monoisotopic (exact) mass is 1020 g/mol. The van der Waals surface area contributed by atoms with Gasteiger partial charge in [0, 0.05) is 50.5 Å². The van der Waals surface area contributed by atoms with Crippen molar-refractivity contribution in [1.29, 1.82) is 0 Å². The molecule has 0 bridgehead atoms. The second-order valence-corrected chi connectivity index (χ2v) is 33.3. The largest absolute Gasteiger partial charge is 0.335 e. The Morgan fingerprint density at radius 2 is 1.12 bits per heavy atom. The van der Waals surface area contributed by atoms with Gasteiger partial charge in [0.05, 0.1) is 24.8 Å². The van der Waals surface area contributed by atoms with Crippen LogP contribution in [0, 0.1) is 0 Å². The number of benzene rings is 8. The van der Waals surface area contributed by atoms with Crippen LogP contribution in [0.25, 0.3) is 21.9 Å². The number of rotatable bonds is 5. The van der Waals surface area contributed by atoms with Gasteiger partial charge in [-0.3, -0.25) is 0 Å². The minimum Gasteiger partial charge on any atom is -0.335 e. The summed E-state index contributed by atoms with van der Waals surface area (Å²) in [4.78, 5) is 8.63. The first-order chi connectivity index (χ1) is 36.7. The molecular weight excluding hydrogens is 946 g/mol. The topological polar surface area (TPSA) is 9.72 Å². The van der Waals surface area contributed by atoms with Gasteiger partial charge in [-0.2, -0.15) is 0 Å². The number of nitrogens with zero attached hydrogens (tertiary/aromatic N) is 3. The van der Waals surface area contributed by atoms with Crippen molar-refractivity contribution in [3.8, 4) is 11.1 Å². The molecule has 6 aliphatic rings. The summed E-state index contributed by atoms with van der Waals surface area (Å²) in [5, 5.41) is 4.11. The summed E-state index contributed by atoms with van der Waals surface area (Å²) in [7, 11) is -1.88. The smallest absolute Gasteiger partial charge is 0.252 e. The average molecular weight is 1020 g/mol. The lowest BCUT2D eigenvalue weighted by molar-refractivity contribution is 0.195. The Labute approximate surface area is 461 Å². The van der Waals surface area contributed by atoms with Gasteiger partial charge in [0.25, 0.3) is 6.71 Å². The fourth-order valence-corrected chi connectivity index (χ4v) is 17.7. The number of anilines is 7. The minimum atomic E-state index is -1.88. The zero-order chi connectivity index (χ0) is 53.4. The van der Waals surface area contributed by atoms with Crippen molar-refractivity contribution in [2.45, 2.75) is 166 Å². The summed E-state index contributed by atoms with van der Waals surface area (Å²) in [6.07, 6.45) is 9.55. The molecule has 8 aromatic rings. The maximum Gasteiger partial charge on any atom is 0.252 e. The van der Waals surface area contributed by atoms with E-state index >= 15 is 0 Å². The van der Waals surface area contributed by atoms with Crippen LogP contribution in [0.1, 0.15) is 141 Å². The number of fused-ring (bicyclic) bond motifs is 11. The molecule has 2 fully saturated rings. The first-order valence-electron chi connectivity index (χ1n) is 29.4. The molecule has 4 atom stereocenters. The molecule has 0 radical (unpaired) electrons. The Kier molecular flexibility index (Phi) is 10.4. The average Bonchev–Trinajstić information content (AvgIpc) is 3.94. The molecule has 388 valence electrons. The van der Waals surface area contributed by atoms with E-state index in [-0.39, 0.29) is 39.5 Å². The van der Waals surface area contributed by atoms with E-state index in [1.54, 1.807) is 10.8 Å². The van der Waals surface area contributed by atoms with Crippen LogP contribution in [0.4, 0.5) is 39.8 Å². The zero-order valence-electron chi connectivity index (χ0n) is 48.1. The number of hydrogen-bond donors (Lipinski definition) is 0. The van der Waals surface area contributed by atoms with Crippen LogP contribution in [0.2, 0.25) is 19.6 Å². The van der Waals surface area contributed by atoms with Crippen LogP contribution in [0.15, 0.2) is 158 Å². The van der Waals surface area contributed by atoms with E-state index in [1.807, 2.05) is 0 Å². The van der Waals surface area contributed by atoms with E-state index < -0.39 is 8.07 Å². The molecule has 0 aromatic heterocycles. The van der Waals surface area contributed by atoms with Gasteiger partial charge in [0.1, 0.15) is 0 Å². The summed E-state index contributed by atoms with van der Waals surface area (Å²) < 4.78 is 0. The van der Waals surface area contributed by atoms with Gasteiger partial charge in [-0.15, -0.1) is 0 Å². The lowest BCUT2D eigenvalue weighted by atomic mass is 9.33. The zero-order valence-corrected chi connectivity index (χ0v) is 49.1. The molecule has 0 spiro atoms. The lowest BCUT2D eigenvalue weighted by Crippen LogP contribution is -2.65. The van der Waals surface area contributed by atoms with Gasteiger partial charge in [-0.05, 0) is 153 Å². The Hall–Kier alpha value is -6.30. The first-order valence-corrected chi connectivity index (χ1v) is 32.9. The van der Waals surface area contributed by atoms with Gasteiger partial charge in [-0.1, -0.05) is 214 Å². The van der Waals surface area contributed by atoms with E-state index in [0.717, 1.165) is 19.3 Å². The van der Waals surface area contributed by atoms with Crippen LogP contribution in [0.5, 0.6) is 0 Å². The summed E-state index contributed by atoms with van der Waals surface area (Å²) >= 11 is 0. The summed E-state index contributed by atoms with van der Waals surface area (Å²) in [6.45, 7) is 30.0. The van der Waals surface area contributed by atoms with Crippen molar-refractivity contribution in [3.05, 3.63) is 186 Å². The van der Waals surface area contributed by atoms with Gasteiger partial charge in [0.15, 0.2) is 0 Å².